The van der Waals surface area contributed by atoms with Crippen LogP contribution in [0.5, 0.6) is 0 Å². The molecular formula is C22H30FN3O. The van der Waals surface area contributed by atoms with Gasteiger partial charge in [-0.05, 0) is 74.5 Å². The summed E-state index contributed by atoms with van der Waals surface area (Å²) in [4.78, 5) is 17.6. The lowest BCUT2D eigenvalue weighted by Crippen LogP contribution is -2.62. The van der Waals surface area contributed by atoms with Crippen molar-refractivity contribution in [3.8, 4) is 0 Å². The number of carbonyl (C=O) groups is 1. The van der Waals surface area contributed by atoms with Crippen LogP contribution in [0.3, 0.4) is 0 Å². The lowest BCUT2D eigenvalue weighted by atomic mass is 9.64. The molecule has 3 saturated heterocycles. The van der Waals surface area contributed by atoms with Crippen molar-refractivity contribution in [3.63, 3.8) is 0 Å². The van der Waals surface area contributed by atoms with Gasteiger partial charge in [0.15, 0.2) is 0 Å². The summed E-state index contributed by atoms with van der Waals surface area (Å²) in [6, 6.07) is 8.24. The van der Waals surface area contributed by atoms with E-state index in [2.05, 4.69) is 15.1 Å². The van der Waals surface area contributed by atoms with Crippen LogP contribution in [0.25, 0.3) is 0 Å². The number of halogens is 1. The van der Waals surface area contributed by atoms with Crippen LogP contribution in [0.2, 0.25) is 0 Å². The molecule has 0 unspecified atom stereocenters. The number of hydrogen-bond donors (Lipinski definition) is 1. The van der Waals surface area contributed by atoms with Crippen LogP contribution in [0.1, 0.15) is 44.1 Å². The van der Waals surface area contributed by atoms with E-state index in [9.17, 15) is 9.18 Å². The van der Waals surface area contributed by atoms with Crippen molar-refractivity contribution >= 4 is 6.03 Å². The summed E-state index contributed by atoms with van der Waals surface area (Å²) in [6.07, 6.45) is 8.30. The second kappa shape index (κ2) is 7.08. The van der Waals surface area contributed by atoms with Crippen molar-refractivity contribution in [2.75, 3.05) is 19.6 Å². The van der Waals surface area contributed by atoms with Gasteiger partial charge in [-0.1, -0.05) is 12.1 Å². The quantitative estimate of drug-likeness (QED) is 0.880. The Morgan fingerprint density at radius 1 is 1.04 bits per heavy atom. The molecule has 2 aliphatic carbocycles. The number of carbonyl (C=O) groups excluding carboxylic acids is 1. The van der Waals surface area contributed by atoms with Crippen LogP contribution in [-0.4, -0.2) is 53.6 Å². The van der Waals surface area contributed by atoms with Gasteiger partial charge in [0.25, 0.3) is 0 Å². The van der Waals surface area contributed by atoms with Gasteiger partial charge in [0.2, 0.25) is 0 Å². The molecule has 5 heteroatoms. The van der Waals surface area contributed by atoms with Gasteiger partial charge in [0, 0.05) is 37.8 Å². The smallest absolute Gasteiger partial charge is 0.318 e. The van der Waals surface area contributed by atoms with E-state index in [-0.39, 0.29) is 17.9 Å². The zero-order chi connectivity index (χ0) is 18.4. The van der Waals surface area contributed by atoms with Crippen LogP contribution < -0.4 is 5.32 Å². The number of likely N-dealkylation sites (tertiary alicyclic amines) is 1. The highest BCUT2D eigenvalue weighted by atomic mass is 19.1. The molecule has 5 aliphatic rings. The van der Waals surface area contributed by atoms with Gasteiger partial charge in [-0.15, -0.1) is 0 Å². The Hall–Kier alpha value is -1.62. The molecule has 0 aromatic heterocycles. The van der Waals surface area contributed by atoms with E-state index in [0.717, 1.165) is 44.3 Å². The second-order valence-electron chi connectivity index (χ2n) is 9.24. The number of amides is 2. The first-order chi connectivity index (χ1) is 13.1. The van der Waals surface area contributed by atoms with Gasteiger partial charge >= 0.3 is 6.03 Å². The molecule has 3 aliphatic heterocycles. The van der Waals surface area contributed by atoms with Crippen molar-refractivity contribution in [3.05, 3.63) is 35.6 Å². The fourth-order valence-corrected chi connectivity index (χ4v) is 6.21. The lowest BCUT2D eigenvalue weighted by Gasteiger charge is -2.56. The van der Waals surface area contributed by atoms with E-state index in [1.807, 2.05) is 12.1 Å². The summed E-state index contributed by atoms with van der Waals surface area (Å²) in [6.45, 7) is 2.93. The average Bonchev–Trinajstić information content (AvgIpc) is 3.07. The number of piperidine rings is 2. The molecule has 3 heterocycles. The molecule has 0 radical (unpaired) electrons. The van der Waals surface area contributed by atoms with Crippen LogP contribution in [-0.2, 0) is 6.42 Å². The average molecular weight is 372 g/mol. The van der Waals surface area contributed by atoms with Crippen molar-refractivity contribution in [2.45, 2.75) is 63.1 Å². The minimum atomic E-state index is -0.178. The summed E-state index contributed by atoms with van der Waals surface area (Å²) in [5.41, 5.74) is 1.17. The number of benzene rings is 1. The highest BCUT2D eigenvalue weighted by molar-refractivity contribution is 5.75. The van der Waals surface area contributed by atoms with Crippen LogP contribution >= 0.6 is 0 Å². The lowest BCUT2D eigenvalue weighted by molar-refractivity contribution is -0.0318. The molecule has 2 saturated carbocycles. The first-order valence-electron chi connectivity index (χ1n) is 10.7. The summed E-state index contributed by atoms with van der Waals surface area (Å²) in [5, 5.41) is 3.34. The molecule has 1 N–H and O–H groups in total. The Labute approximate surface area is 161 Å². The van der Waals surface area contributed by atoms with Crippen molar-refractivity contribution in [1.82, 2.24) is 15.1 Å². The van der Waals surface area contributed by atoms with Gasteiger partial charge in [-0.3, -0.25) is 0 Å². The fraction of sp³-hybridized carbons (Fsp3) is 0.682. The summed E-state index contributed by atoms with van der Waals surface area (Å²) >= 11 is 0. The molecule has 6 rings (SSSR count). The van der Waals surface area contributed by atoms with E-state index < -0.39 is 0 Å². The molecule has 4 bridgehead atoms. The zero-order valence-electron chi connectivity index (χ0n) is 15.9. The summed E-state index contributed by atoms with van der Waals surface area (Å²) in [7, 11) is 0. The SMILES string of the molecule is O=C(N[C@H]1CCN(CCc2ccc(F)cc2)C1)N1C2CC3CC(C2)CC1C3. The Morgan fingerprint density at radius 2 is 1.70 bits per heavy atom. The third-order valence-electron chi connectivity index (χ3n) is 7.34. The Balaban J connectivity index is 1.11. The number of urea groups is 1. The first-order valence-corrected chi connectivity index (χ1v) is 10.7. The molecule has 146 valence electrons. The van der Waals surface area contributed by atoms with E-state index in [4.69, 9.17) is 0 Å². The highest BCUT2D eigenvalue weighted by Gasteiger charge is 2.48. The number of rotatable bonds is 4. The number of hydrogen-bond acceptors (Lipinski definition) is 2. The Bertz CT molecular complexity index is 663. The van der Waals surface area contributed by atoms with Gasteiger partial charge in [0.1, 0.15) is 5.82 Å². The normalized spacial score (nSPS) is 35.0. The minimum Gasteiger partial charge on any atom is -0.334 e. The van der Waals surface area contributed by atoms with Gasteiger partial charge in [-0.25, -0.2) is 9.18 Å². The molecular weight excluding hydrogens is 341 g/mol. The maximum absolute atomic E-state index is 13.0. The molecule has 2 amide bonds. The maximum atomic E-state index is 13.0. The number of nitrogens with one attached hydrogen (secondary N) is 1. The van der Waals surface area contributed by atoms with Gasteiger partial charge < -0.3 is 15.1 Å². The molecule has 1 aromatic rings. The molecule has 5 fully saturated rings. The molecule has 1 atom stereocenters. The monoisotopic (exact) mass is 371 g/mol. The second-order valence-corrected chi connectivity index (χ2v) is 9.24. The number of nitrogens with zero attached hydrogens (tertiary/aromatic N) is 2. The third kappa shape index (κ3) is 3.58. The maximum Gasteiger partial charge on any atom is 0.318 e. The topological polar surface area (TPSA) is 35.6 Å². The predicted octanol–water partition coefficient (Wildman–Crippen LogP) is 3.42. The van der Waals surface area contributed by atoms with Crippen LogP contribution in [0.15, 0.2) is 24.3 Å². The van der Waals surface area contributed by atoms with E-state index in [1.165, 1.54) is 49.8 Å². The van der Waals surface area contributed by atoms with Crippen molar-refractivity contribution < 1.29 is 9.18 Å². The van der Waals surface area contributed by atoms with Crippen molar-refractivity contribution in [1.29, 1.82) is 0 Å². The zero-order valence-corrected chi connectivity index (χ0v) is 15.9. The fourth-order valence-electron chi connectivity index (χ4n) is 6.21. The predicted molar refractivity (Wildman–Crippen MR) is 103 cm³/mol. The molecule has 27 heavy (non-hydrogen) atoms. The van der Waals surface area contributed by atoms with Gasteiger partial charge in [0.05, 0.1) is 0 Å². The van der Waals surface area contributed by atoms with E-state index in [0.29, 0.717) is 12.1 Å². The van der Waals surface area contributed by atoms with E-state index >= 15 is 0 Å². The first kappa shape index (κ1) is 17.5. The standard InChI is InChI=1S/C22H30FN3O/c23-18-3-1-15(2-4-18)5-7-25-8-6-19(14-25)24-22(27)26-20-10-16-9-17(12-20)13-21(26)11-16/h1-4,16-17,19-21H,5-14H2,(H,24,27)/t16?,17?,19-,20?,21?/m0/s1. The Morgan fingerprint density at radius 3 is 2.37 bits per heavy atom. The molecule has 0 spiro atoms. The summed E-state index contributed by atoms with van der Waals surface area (Å²) < 4.78 is 13.0. The van der Waals surface area contributed by atoms with Crippen molar-refractivity contribution in [2.24, 2.45) is 11.8 Å². The molecule has 4 nitrogen and oxygen atoms in total. The van der Waals surface area contributed by atoms with E-state index in [1.54, 1.807) is 0 Å². The minimum absolute atomic E-state index is 0.178. The largest absolute Gasteiger partial charge is 0.334 e. The third-order valence-corrected chi connectivity index (χ3v) is 7.34. The summed E-state index contributed by atoms with van der Waals surface area (Å²) in [5.74, 6) is 1.58. The molecule has 1 aromatic carbocycles. The van der Waals surface area contributed by atoms with Crippen LogP contribution in [0, 0.1) is 17.7 Å². The van der Waals surface area contributed by atoms with Gasteiger partial charge in [-0.2, -0.15) is 0 Å². The highest BCUT2D eigenvalue weighted by Crippen LogP contribution is 2.49. The Kier molecular flexibility index (Phi) is 4.58. The van der Waals surface area contributed by atoms with Crippen LogP contribution in [0.4, 0.5) is 9.18 Å².